The molecule has 0 N–H and O–H groups in total. The molecule has 0 aliphatic carbocycles. The highest BCUT2D eigenvalue weighted by Crippen LogP contribution is 2.42. The Hall–Kier alpha value is -2.28. The molecule has 0 aromatic heterocycles. The van der Waals surface area contributed by atoms with Gasteiger partial charge in [0.2, 0.25) is 0 Å². The SMILES string of the molecule is CCC[C@@H]1OC(CC(CN2C(=O)c3ccccc3C2=O)O[Si](C)(C)C(C)(C)C)[C@H](C)C1CCc1ccccc1. The number of benzene rings is 2. The fourth-order valence-electron chi connectivity index (χ4n) is 5.95. The molecule has 2 amide bonds. The number of amides is 2. The van der Waals surface area contributed by atoms with Crippen molar-refractivity contribution in [1.29, 1.82) is 0 Å². The van der Waals surface area contributed by atoms with E-state index in [1.54, 1.807) is 12.1 Å². The molecule has 3 unspecified atom stereocenters. The molecule has 0 saturated carbocycles. The quantitative estimate of drug-likeness (QED) is 0.215. The minimum Gasteiger partial charge on any atom is -0.412 e. The Kier molecular flexibility index (Phi) is 9.19. The average molecular weight is 550 g/mol. The van der Waals surface area contributed by atoms with E-state index in [0.29, 0.717) is 29.4 Å². The summed E-state index contributed by atoms with van der Waals surface area (Å²) in [5.41, 5.74) is 2.35. The number of hydrogen-bond donors (Lipinski definition) is 0. The highest BCUT2D eigenvalue weighted by Gasteiger charge is 2.46. The van der Waals surface area contributed by atoms with Gasteiger partial charge >= 0.3 is 0 Å². The van der Waals surface area contributed by atoms with E-state index in [0.717, 1.165) is 25.7 Å². The zero-order valence-corrected chi connectivity index (χ0v) is 25.9. The molecule has 212 valence electrons. The molecule has 2 heterocycles. The summed E-state index contributed by atoms with van der Waals surface area (Å²) < 4.78 is 13.7. The Morgan fingerprint density at radius 1 is 0.923 bits per heavy atom. The first-order valence-electron chi connectivity index (χ1n) is 14.8. The summed E-state index contributed by atoms with van der Waals surface area (Å²) >= 11 is 0. The van der Waals surface area contributed by atoms with Crippen LogP contribution in [0, 0.1) is 11.8 Å². The van der Waals surface area contributed by atoms with Gasteiger partial charge < -0.3 is 9.16 Å². The van der Waals surface area contributed by atoms with Gasteiger partial charge in [0.05, 0.1) is 36.0 Å². The zero-order valence-electron chi connectivity index (χ0n) is 24.9. The second-order valence-corrected chi connectivity index (χ2v) is 17.8. The van der Waals surface area contributed by atoms with Crippen molar-refractivity contribution in [2.45, 2.75) is 103 Å². The molecule has 6 heteroatoms. The maximum atomic E-state index is 13.2. The fraction of sp³-hybridized carbons (Fsp3) is 0.576. The number of aryl methyl sites for hydroxylation is 1. The van der Waals surface area contributed by atoms with Crippen LogP contribution in [0.25, 0.3) is 0 Å². The molecule has 0 bridgehead atoms. The van der Waals surface area contributed by atoms with Crippen LogP contribution in [-0.2, 0) is 15.6 Å². The van der Waals surface area contributed by atoms with Gasteiger partial charge in [-0.15, -0.1) is 0 Å². The lowest BCUT2D eigenvalue weighted by Gasteiger charge is -2.40. The largest absolute Gasteiger partial charge is 0.412 e. The Labute approximate surface area is 236 Å². The molecular weight excluding hydrogens is 502 g/mol. The molecule has 2 aromatic carbocycles. The van der Waals surface area contributed by atoms with Crippen LogP contribution < -0.4 is 0 Å². The van der Waals surface area contributed by atoms with Gasteiger partial charge in [-0.3, -0.25) is 14.5 Å². The van der Waals surface area contributed by atoms with Crippen LogP contribution in [0.5, 0.6) is 0 Å². The van der Waals surface area contributed by atoms with E-state index < -0.39 is 8.32 Å². The smallest absolute Gasteiger partial charge is 0.261 e. The van der Waals surface area contributed by atoms with Gasteiger partial charge in [0.1, 0.15) is 0 Å². The lowest BCUT2D eigenvalue weighted by atomic mass is 9.81. The molecule has 0 spiro atoms. The van der Waals surface area contributed by atoms with Crippen LogP contribution in [0.4, 0.5) is 0 Å². The Morgan fingerprint density at radius 2 is 1.51 bits per heavy atom. The van der Waals surface area contributed by atoms with Gasteiger partial charge in [-0.05, 0) is 66.9 Å². The van der Waals surface area contributed by atoms with E-state index in [-0.39, 0.29) is 41.7 Å². The molecule has 5 atom stereocenters. The minimum atomic E-state index is -2.17. The summed E-state index contributed by atoms with van der Waals surface area (Å²) in [7, 11) is -2.17. The molecule has 5 nitrogen and oxygen atoms in total. The van der Waals surface area contributed by atoms with Gasteiger partial charge in [0.15, 0.2) is 8.32 Å². The number of nitrogens with zero attached hydrogens (tertiary/aromatic N) is 1. The van der Waals surface area contributed by atoms with Crippen molar-refractivity contribution in [3.63, 3.8) is 0 Å². The van der Waals surface area contributed by atoms with Gasteiger partial charge in [-0.25, -0.2) is 0 Å². The number of carbonyl (C=O) groups is 2. The molecular formula is C33H47NO4Si. The molecule has 2 aliphatic heterocycles. The van der Waals surface area contributed by atoms with Crippen LogP contribution >= 0.6 is 0 Å². The summed E-state index contributed by atoms with van der Waals surface area (Å²) in [6, 6.07) is 17.8. The molecule has 0 radical (unpaired) electrons. The normalized spacial score (nSPS) is 24.3. The molecule has 1 fully saturated rings. The first-order chi connectivity index (χ1) is 18.4. The highest BCUT2D eigenvalue weighted by molar-refractivity contribution is 6.74. The van der Waals surface area contributed by atoms with Crippen molar-refractivity contribution >= 4 is 20.1 Å². The van der Waals surface area contributed by atoms with E-state index in [1.807, 2.05) is 12.1 Å². The van der Waals surface area contributed by atoms with Crippen molar-refractivity contribution in [1.82, 2.24) is 4.90 Å². The number of imide groups is 1. The van der Waals surface area contributed by atoms with Crippen LogP contribution in [-0.4, -0.2) is 49.9 Å². The van der Waals surface area contributed by atoms with Crippen LogP contribution in [0.3, 0.4) is 0 Å². The van der Waals surface area contributed by atoms with Crippen molar-refractivity contribution in [3.05, 3.63) is 71.3 Å². The monoisotopic (exact) mass is 549 g/mol. The molecule has 2 aliphatic rings. The van der Waals surface area contributed by atoms with Crippen LogP contribution in [0.1, 0.15) is 86.6 Å². The van der Waals surface area contributed by atoms with Crippen LogP contribution in [0.2, 0.25) is 18.1 Å². The Morgan fingerprint density at radius 3 is 2.08 bits per heavy atom. The number of carbonyl (C=O) groups excluding carboxylic acids is 2. The highest BCUT2D eigenvalue weighted by atomic mass is 28.4. The third-order valence-electron chi connectivity index (χ3n) is 9.30. The number of hydrogen-bond acceptors (Lipinski definition) is 4. The predicted molar refractivity (Wildman–Crippen MR) is 159 cm³/mol. The third-order valence-corrected chi connectivity index (χ3v) is 13.8. The van der Waals surface area contributed by atoms with Crippen molar-refractivity contribution in [2.24, 2.45) is 11.8 Å². The topological polar surface area (TPSA) is 55.8 Å². The second-order valence-electron chi connectivity index (χ2n) is 13.1. The van der Waals surface area contributed by atoms with E-state index >= 15 is 0 Å². The standard InChI is InChI=1S/C33H47NO4Si/c1-8-14-29-26(20-19-24-15-10-9-11-16-24)23(2)30(37-29)21-25(38-39(6,7)33(3,4)5)22-34-31(35)27-17-12-13-18-28(27)32(34)36/h9-13,15-18,23,25-26,29-30H,8,14,19-22H2,1-7H3/t23-,25?,26?,29+,30?/m1/s1. The van der Waals surface area contributed by atoms with Crippen molar-refractivity contribution in [3.8, 4) is 0 Å². The minimum absolute atomic E-state index is 0.0123. The van der Waals surface area contributed by atoms with Gasteiger partial charge in [0.25, 0.3) is 11.8 Å². The predicted octanol–water partition coefficient (Wildman–Crippen LogP) is 7.52. The van der Waals surface area contributed by atoms with Gasteiger partial charge in [-0.1, -0.05) is 83.5 Å². The molecule has 1 saturated heterocycles. The first kappa shape index (κ1) is 29.7. The number of rotatable bonds is 11. The van der Waals surface area contributed by atoms with Gasteiger partial charge in [0, 0.05) is 6.42 Å². The van der Waals surface area contributed by atoms with E-state index in [2.05, 4.69) is 78.0 Å². The Bertz CT molecular complexity index is 1110. The van der Waals surface area contributed by atoms with Crippen molar-refractivity contribution < 1.29 is 18.8 Å². The van der Waals surface area contributed by atoms with Crippen LogP contribution in [0.15, 0.2) is 54.6 Å². The fourth-order valence-corrected chi connectivity index (χ4v) is 7.31. The molecule has 4 rings (SSSR count). The molecule has 39 heavy (non-hydrogen) atoms. The summed E-state index contributed by atoms with van der Waals surface area (Å²) in [6.07, 6.45) is 4.96. The van der Waals surface area contributed by atoms with Gasteiger partial charge in [-0.2, -0.15) is 0 Å². The van der Waals surface area contributed by atoms with Crippen molar-refractivity contribution in [2.75, 3.05) is 6.54 Å². The lowest BCUT2D eigenvalue weighted by molar-refractivity contribution is -0.00639. The average Bonchev–Trinajstić information content (AvgIpc) is 3.30. The Balaban J connectivity index is 1.53. The summed E-state index contributed by atoms with van der Waals surface area (Å²) in [4.78, 5) is 27.9. The first-order valence-corrected chi connectivity index (χ1v) is 17.7. The second kappa shape index (κ2) is 12.1. The number of fused-ring (bicyclic) bond motifs is 1. The van der Waals surface area contributed by atoms with E-state index in [4.69, 9.17) is 9.16 Å². The lowest BCUT2D eigenvalue weighted by Crippen LogP contribution is -2.49. The number of ether oxygens (including phenoxy) is 1. The van der Waals surface area contributed by atoms with E-state index in [1.165, 1.54) is 10.5 Å². The molecule has 2 aromatic rings. The summed E-state index contributed by atoms with van der Waals surface area (Å²) in [5.74, 6) is 0.412. The third kappa shape index (κ3) is 6.55. The summed E-state index contributed by atoms with van der Waals surface area (Å²) in [6.45, 7) is 16.0. The maximum absolute atomic E-state index is 13.2. The maximum Gasteiger partial charge on any atom is 0.261 e. The summed E-state index contributed by atoms with van der Waals surface area (Å²) in [5, 5.41) is 0.0123. The van der Waals surface area contributed by atoms with E-state index in [9.17, 15) is 9.59 Å². The zero-order chi connectivity index (χ0) is 28.4.